The predicted molar refractivity (Wildman–Crippen MR) is 107 cm³/mol. The van der Waals surface area contributed by atoms with Gasteiger partial charge < -0.3 is 9.88 Å². The van der Waals surface area contributed by atoms with Gasteiger partial charge in [-0.2, -0.15) is 0 Å². The zero-order chi connectivity index (χ0) is 19.3. The Hall–Kier alpha value is -3.80. The van der Waals surface area contributed by atoms with Crippen LogP contribution in [0.25, 0.3) is 10.9 Å². The van der Waals surface area contributed by atoms with Crippen molar-refractivity contribution in [1.29, 1.82) is 0 Å². The van der Waals surface area contributed by atoms with E-state index in [1.807, 2.05) is 36.4 Å². The highest BCUT2D eigenvalue weighted by Crippen LogP contribution is 2.13. The Morgan fingerprint density at radius 2 is 1.64 bits per heavy atom. The van der Waals surface area contributed by atoms with Gasteiger partial charge in [-0.3, -0.25) is 14.6 Å². The summed E-state index contributed by atoms with van der Waals surface area (Å²) in [6.45, 7) is 0.553. The first-order valence-electron chi connectivity index (χ1n) is 8.93. The average Bonchev–Trinajstić information content (AvgIpc) is 2.74. The van der Waals surface area contributed by atoms with E-state index in [2.05, 4.69) is 15.0 Å². The minimum Gasteiger partial charge on any atom is -0.326 e. The van der Waals surface area contributed by atoms with Crippen LogP contribution in [0.5, 0.6) is 0 Å². The van der Waals surface area contributed by atoms with E-state index in [1.54, 1.807) is 47.5 Å². The van der Waals surface area contributed by atoms with Crippen LogP contribution in [0.1, 0.15) is 21.9 Å². The Labute approximate surface area is 161 Å². The summed E-state index contributed by atoms with van der Waals surface area (Å²) in [5.41, 5.74) is 1.72. The quantitative estimate of drug-likeness (QED) is 0.585. The molecule has 4 aromatic rings. The lowest BCUT2D eigenvalue weighted by molar-refractivity contribution is 0.0719. The second-order valence-corrected chi connectivity index (χ2v) is 6.39. The van der Waals surface area contributed by atoms with Crippen LogP contribution in [0.15, 0.2) is 83.8 Å². The van der Waals surface area contributed by atoms with Gasteiger partial charge in [-0.05, 0) is 29.8 Å². The van der Waals surface area contributed by atoms with Crippen LogP contribution in [0, 0.1) is 0 Å². The van der Waals surface area contributed by atoms with E-state index in [0.717, 1.165) is 5.56 Å². The summed E-state index contributed by atoms with van der Waals surface area (Å²) < 4.78 is 0. The maximum atomic E-state index is 13.0. The van der Waals surface area contributed by atoms with Gasteiger partial charge >= 0.3 is 0 Å². The van der Waals surface area contributed by atoms with Crippen LogP contribution in [0.4, 0.5) is 0 Å². The van der Waals surface area contributed by atoms with Crippen molar-refractivity contribution in [2.75, 3.05) is 0 Å². The summed E-state index contributed by atoms with van der Waals surface area (Å²) in [5.74, 6) is 0.212. The highest BCUT2D eigenvalue weighted by molar-refractivity contribution is 5.92. The van der Waals surface area contributed by atoms with Crippen molar-refractivity contribution in [3.8, 4) is 0 Å². The predicted octanol–water partition coefficient (Wildman–Crippen LogP) is 3.16. The molecule has 0 saturated carbocycles. The van der Waals surface area contributed by atoms with Gasteiger partial charge in [0, 0.05) is 12.7 Å². The maximum absolute atomic E-state index is 13.0. The third kappa shape index (κ3) is 3.81. The lowest BCUT2D eigenvalue weighted by Crippen LogP contribution is -2.32. The number of nitrogens with one attached hydrogen (secondary N) is 1. The molecule has 0 saturated heterocycles. The van der Waals surface area contributed by atoms with Crippen molar-refractivity contribution in [1.82, 2.24) is 19.9 Å². The van der Waals surface area contributed by atoms with E-state index >= 15 is 0 Å². The van der Waals surface area contributed by atoms with Crippen LogP contribution in [0.2, 0.25) is 0 Å². The molecule has 0 fully saturated rings. The van der Waals surface area contributed by atoms with Gasteiger partial charge in [0.05, 0.1) is 17.4 Å². The second kappa shape index (κ2) is 7.84. The van der Waals surface area contributed by atoms with Gasteiger partial charge in [0.2, 0.25) is 0 Å². The zero-order valence-electron chi connectivity index (χ0n) is 15.1. The normalized spacial score (nSPS) is 10.7. The molecule has 0 aliphatic carbocycles. The molecule has 28 heavy (non-hydrogen) atoms. The van der Waals surface area contributed by atoms with E-state index in [1.165, 1.54) is 0 Å². The topological polar surface area (TPSA) is 79.0 Å². The third-order valence-electron chi connectivity index (χ3n) is 4.39. The molecular weight excluding hydrogens is 352 g/mol. The standard InChI is InChI=1S/C22H18N4O2/c27-21-17-10-4-5-11-18(17)24-20(25-21)15-26(14-16-8-2-1-3-9-16)22(28)19-12-6-7-13-23-19/h1-13H,14-15H2,(H,24,25,27). The first-order valence-corrected chi connectivity index (χ1v) is 8.93. The average molecular weight is 370 g/mol. The van der Waals surface area contributed by atoms with Crippen molar-refractivity contribution < 1.29 is 4.79 Å². The van der Waals surface area contributed by atoms with E-state index < -0.39 is 0 Å². The zero-order valence-corrected chi connectivity index (χ0v) is 15.1. The van der Waals surface area contributed by atoms with E-state index in [4.69, 9.17) is 0 Å². The number of carbonyl (C=O) groups excluding carboxylic acids is 1. The van der Waals surface area contributed by atoms with Gasteiger partial charge in [0.1, 0.15) is 11.5 Å². The Bertz CT molecular complexity index is 1160. The van der Waals surface area contributed by atoms with Gasteiger partial charge in [-0.1, -0.05) is 48.5 Å². The van der Waals surface area contributed by atoms with Crippen molar-refractivity contribution >= 4 is 16.8 Å². The number of nitrogens with zero attached hydrogens (tertiary/aromatic N) is 3. The van der Waals surface area contributed by atoms with Gasteiger partial charge in [0.15, 0.2) is 0 Å². The maximum Gasteiger partial charge on any atom is 0.273 e. The van der Waals surface area contributed by atoms with Crippen LogP contribution >= 0.6 is 0 Å². The molecule has 0 aliphatic heterocycles. The number of fused-ring (bicyclic) bond motifs is 1. The monoisotopic (exact) mass is 370 g/mol. The molecule has 1 amide bonds. The molecule has 0 unspecified atom stereocenters. The van der Waals surface area contributed by atoms with E-state index in [9.17, 15) is 9.59 Å². The highest BCUT2D eigenvalue weighted by atomic mass is 16.2. The molecule has 2 aromatic heterocycles. The molecule has 0 radical (unpaired) electrons. The largest absolute Gasteiger partial charge is 0.326 e. The number of carbonyl (C=O) groups is 1. The number of H-pyrrole nitrogens is 1. The van der Waals surface area contributed by atoms with Crippen LogP contribution in [-0.2, 0) is 13.1 Å². The van der Waals surface area contributed by atoms with Gasteiger partial charge in [-0.25, -0.2) is 4.98 Å². The smallest absolute Gasteiger partial charge is 0.273 e. The lowest BCUT2D eigenvalue weighted by atomic mass is 10.2. The number of rotatable bonds is 5. The number of aromatic nitrogens is 3. The lowest BCUT2D eigenvalue weighted by Gasteiger charge is -2.22. The Morgan fingerprint density at radius 3 is 2.43 bits per heavy atom. The number of hydrogen-bond donors (Lipinski definition) is 1. The number of aromatic amines is 1. The fourth-order valence-corrected chi connectivity index (χ4v) is 3.05. The van der Waals surface area contributed by atoms with Crippen LogP contribution < -0.4 is 5.56 Å². The van der Waals surface area contributed by atoms with Crippen molar-refractivity contribution in [3.05, 3.63) is 106 Å². The fraction of sp³-hybridized carbons (Fsp3) is 0.0909. The molecule has 4 rings (SSSR count). The van der Waals surface area contributed by atoms with Gasteiger partial charge in [0.25, 0.3) is 11.5 Å². The molecule has 1 N–H and O–H groups in total. The molecule has 6 nitrogen and oxygen atoms in total. The van der Waals surface area contributed by atoms with E-state index in [-0.39, 0.29) is 18.0 Å². The number of pyridine rings is 1. The summed E-state index contributed by atoms with van der Waals surface area (Å²) in [5, 5.41) is 0.525. The fourth-order valence-electron chi connectivity index (χ4n) is 3.05. The van der Waals surface area contributed by atoms with Crippen LogP contribution in [-0.4, -0.2) is 25.8 Å². The molecule has 0 spiro atoms. The number of benzene rings is 2. The number of hydrogen-bond acceptors (Lipinski definition) is 4. The Morgan fingerprint density at radius 1 is 0.893 bits per heavy atom. The summed E-state index contributed by atoms with van der Waals surface area (Å²) >= 11 is 0. The summed E-state index contributed by atoms with van der Waals surface area (Å²) in [6, 6.07) is 22.0. The first-order chi connectivity index (χ1) is 13.7. The molecule has 2 aromatic carbocycles. The molecule has 6 heteroatoms. The molecule has 0 bridgehead atoms. The summed E-state index contributed by atoms with van der Waals surface area (Å²) in [4.78, 5) is 38.5. The van der Waals surface area contributed by atoms with Crippen LogP contribution in [0.3, 0.4) is 0 Å². The van der Waals surface area contributed by atoms with Crippen molar-refractivity contribution in [2.24, 2.45) is 0 Å². The summed E-state index contributed by atoms with van der Waals surface area (Å²) in [6.07, 6.45) is 1.59. The minimum atomic E-state index is -0.222. The van der Waals surface area contributed by atoms with Crippen molar-refractivity contribution in [2.45, 2.75) is 13.1 Å². The summed E-state index contributed by atoms with van der Waals surface area (Å²) in [7, 11) is 0. The molecule has 2 heterocycles. The van der Waals surface area contributed by atoms with Crippen molar-refractivity contribution in [3.63, 3.8) is 0 Å². The minimum absolute atomic E-state index is 0.171. The Kier molecular flexibility index (Phi) is 4.93. The number of amides is 1. The first kappa shape index (κ1) is 17.6. The SMILES string of the molecule is O=C(c1ccccn1)N(Cc1ccccc1)Cc1nc2ccccc2c(=O)[nH]1. The molecule has 138 valence electrons. The molecular formula is C22H18N4O2. The molecule has 0 aliphatic rings. The molecule has 0 atom stereocenters. The van der Waals surface area contributed by atoms with E-state index in [0.29, 0.717) is 29.0 Å². The van der Waals surface area contributed by atoms with Gasteiger partial charge in [-0.15, -0.1) is 0 Å². The number of para-hydroxylation sites is 1. The highest BCUT2D eigenvalue weighted by Gasteiger charge is 2.19. The Balaban J connectivity index is 1.69. The third-order valence-corrected chi connectivity index (χ3v) is 4.39. The second-order valence-electron chi connectivity index (χ2n) is 6.39.